The van der Waals surface area contributed by atoms with Crippen LogP contribution in [-0.2, 0) is 23.0 Å². The molecule has 1 unspecified atom stereocenters. The number of sulfonamides is 1. The molecule has 2 aromatic heterocycles. The molecule has 0 radical (unpaired) electrons. The van der Waals surface area contributed by atoms with Crippen LogP contribution in [0.3, 0.4) is 0 Å². The van der Waals surface area contributed by atoms with Crippen LogP contribution in [0.25, 0.3) is 0 Å². The Morgan fingerprint density at radius 3 is 2.83 bits per heavy atom. The van der Waals surface area contributed by atoms with E-state index in [-0.39, 0.29) is 24.1 Å². The average molecular weight is 417 g/mol. The van der Waals surface area contributed by atoms with E-state index in [1.807, 2.05) is 0 Å². The van der Waals surface area contributed by atoms with Gasteiger partial charge in [0.15, 0.2) is 0 Å². The Labute approximate surface area is 168 Å². The van der Waals surface area contributed by atoms with E-state index in [0.29, 0.717) is 48.6 Å². The number of carbonyl (C=O) groups excluding carboxylic acids is 1. The van der Waals surface area contributed by atoms with Gasteiger partial charge in [-0.05, 0) is 31.4 Å². The molecule has 1 amide bonds. The number of hydrogen-bond donors (Lipinski definition) is 1. The number of piperidine rings is 1. The second-order valence-corrected chi connectivity index (χ2v) is 9.46. The third-order valence-corrected chi connectivity index (χ3v) is 6.76. The monoisotopic (exact) mass is 417 g/mol. The summed E-state index contributed by atoms with van der Waals surface area (Å²) in [6, 6.07) is 3.13. The Hall–Kier alpha value is -2.59. The maximum absolute atomic E-state index is 13.0. The zero-order chi connectivity index (χ0) is 20.6. The zero-order valence-electron chi connectivity index (χ0n) is 16.2. The topological polar surface area (TPSA) is 116 Å². The molecular formula is C19H23N5O4S. The number of likely N-dealkylation sites (tertiary alicyclic amines) is 1. The number of rotatable bonds is 3. The molecule has 2 aliphatic rings. The number of carbonyl (C=O) groups is 1. The van der Waals surface area contributed by atoms with E-state index in [2.05, 4.69) is 15.0 Å². The van der Waals surface area contributed by atoms with Crippen LogP contribution in [0.2, 0.25) is 0 Å². The minimum absolute atomic E-state index is 0.0276. The lowest BCUT2D eigenvalue weighted by molar-refractivity contribution is 0.0598. The molecule has 9 nitrogen and oxygen atoms in total. The Morgan fingerprint density at radius 2 is 2.10 bits per heavy atom. The van der Waals surface area contributed by atoms with Crippen LogP contribution in [0.5, 0.6) is 0 Å². The van der Waals surface area contributed by atoms with Crippen LogP contribution in [0.4, 0.5) is 0 Å². The van der Waals surface area contributed by atoms with Gasteiger partial charge in [0, 0.05) is 38.4 Å². The van der Waals surface area contributed by atoms with Gasteiger partial charge in [0.05, 0.1) is 29.1 Å². The first-order chi connectivity index (χ1) is 13.8. The molecule has 0 spiro atoms. The van der Waals surface area contributed by atoms with Crippen molar-refractivity contribution >= 4 is 15.9 Å². The molecule has 1 saturated heterocycles. The first kappa shape index (κ1) is 19.7. The standard InChI is InChI=1S/C19H23N5O4S/c1-29(27,28)23-10-7-15-14(12-23)18(25)22-17(21-15)16-6-2-3-9-24(16)19(26)13-5-4-8-20-11-13/h4-5,8,11,16H,2-3,6-7,9-10,12H2,1H3,(H,21,22,25). The minimum atomic E-state index is -3.37. The highest BCUT2D eigenvalue weighted by Crippen LogP contribution is 2.30. The smallest absolute Gasteiger partial charge is 0.256 e. The summed E-state index contributed by atoms with van der Waals surface area (Å²) in [7, 11) is -3.37. The Bertz CT molecular complexity index is 1080. The van der Waals surface area contributed by atoms with Gasteiger partial charge in [0.1, 0.15) is 5.82 Å². The number of amides is 1. The lowest BCUT2D eigenvalue weighted by Crippen LogP contribution is -2.42. The van der Waals surface area contributed by atoms with E-state index >= 15 is 0 Å². The van der Waals surface area contributed by atoms with Crippen molar-refractivity contribution in [2.75, 3.05) is 19.3 Å². The van der Waals surface area contributed by atoms with Crippen LogP contribution in [0, 0.1) is 0 Å². The number of fused-ring (bicyclic) bond motifs is 1. The third kappa shape index (κ3) is 3.95. The number of aromatic amines is 1. The van der Waals surface area contributed by atoms with E-state index < -0.39 is 10.0 Å². The lowest BCUT2D eigenvalue weighted by Gasteiger charge is -2.35. The molecule has 0 saturated carbocycles. The molecule has 1 fully saturated rings. The average Bonchev–Trinajstić information content (AvgIpc) is 2.73. The maximum Gasteiger partial charge on any atom is 0.256 e. The van der Waals surface area contributed by atoms with E-state index in [0.717, 1.165) is 19.1 Å². The molecule has 1 atom stereocenters. The third-order valence-electron chi connectivity index (χ3n) is 5.51. The summed E-state index contributed by atoms with van der Waals surface area (Å²) in [5, 5.41) is 0. The van der Waals surface area contributed by atoms with Crippen molar-refractivity contribution < 1.29 is 13.2 Å². The Kier molecular flexibility index (Phi) is 5.22. The van der Waals surface area contributed by atoms with Crippen LogP contribution >= 0.6 is 0 Å². The second-order valence-electron chi connectivity index (χ2n) is 7.47. The Morgan fingerprint density at radius 1 is 1.28 bits per heavy atom. The second kappa shape index (κ2) is 7.68. The number of H-pyrrole nitrogens is 1. The number of aromatic nitrogens is 3. The number of pyridine rings is 1. The summed E-state index contributed by atoms with van der Waals surface area (Å²) in [6.07, 6.45) is 7.21. The Balaban J connectivity index is 1.66. The molecule has 4 heterocycles. The summed E-state index contributed by atoms with van der Waals surface area (Å²) in [6.45, 7) is 0.908. The van der Waals surface area contributed by atoms with E-state index in [4.69, 9.17) is 0 Å². The van der Waals surface area contributed by atoms with Gasteiger partial charge in [0.25, 0.3) is 11.5 Å². The molecule has 4 rings (SSSR count). The molecule has 0 bridgehead atoms. The highest BCUT2D eigenvalue weighted by atomic mass is 32.2. The minimum Gasteiger partial charge on any atom is -0.328 e. The molecule has 1 N–H and O–H groups in total. The summed E-state index contributed by atoms with van der Waals surface area (Å²) in [4.78, 5) is 39.0. The van der Waals surface area contributed by atoms with Crippen LogP contribution in [-0.4, -0.2) is 57.8 Å². The molecule has 29 heavy (non-hydrogen) atoms. The van der Waals surface area contributed by atoms with Crippen molar-refractivity contribution in [1.82, 2.24) is 24.2 Å². The van der Waals surface area contributed by atoms with Crippen molar-refractivity contribution in [1.29, 1.82) is 0 Å². The maximum atomic E-state index is 13.0. The highest BCUT2D eigenvalue weighted by molar-refractivity contribution is 7.88. The van der Waals surface area contributed by atoms with E-state index in [1.165, 1.54) is 10.5 Å². The molecule has 2 aliphatic heterocycles. The predicted molar refractivity (Wildman–Crippen MR) is 106 cm³/mol. The summed E-state index contributed by atoms with van der Waals surface area (Å²) in [5.41, 5.74) is 1.16. The SMILES string of the molecule is CS(=O)(=O)N1CCc2nc(C3CCCCN3C(=O)c3cccnc3)[nH]c(=O)c2C1. The van der Waals surface area contributed by atoms with Gasteiger partial charge in [0.2, 0.25) is 10.0 Å². The van der Waals surface area contributed by atoms with Crippen LogP contribution in [0.15, 0.2) is 29.3 Å². The van der Waals surface area contributed by atoms with E-state index in [9.17, 15) is 18.0 Å². The number of nitrogens with one attached hydrogen (secondary N) is 1. The predicted octanol–water partition coefficient (Wildman–Crippen LogP) is 0.850. The summed E-state index contributed by atoms with van der Waals surface area (Å²) >= 11 is 0. The van der Waals surface area contributed by atoms with Gasteiger partial charge >= 0.3 is 0 Å². The largest absolute Gasteiger partial charge is 0.328 e. The zero-order valence-corrected chi connectivity index (χ0v) is 17.0. The number of nitrogens with zero attached hydrogens (tertiary/aromatic N) is 4. The normalized spacial score (nSPS) is 20.3. The summed E-state index contributed by atoms with van der Waals surface area (Å²) < 4.78 is 24.9. The van der Waals surface area contributed by atoms with Crippen LogP contribution < -0.4 is 5.56 Å². The van der Waals surface area contributed by atoms with Crippen molar-refractivity contribution in [3.05, 3.63) is 57.5 Å². The molecule has 0 aromatic carbocycles. The molecule has 0 aliphatic carbocycles. The van der Waals surface area contributed by atoms with Gasteiger partial charge < -0.3 is 9.88 Å². The van der Waals surface area contributed by atoms with Gasteiger partial charge in [-0.25, -0.2) is 13.4 Å². The van der Waals surface area contributed by atoms with Crippen molar-refractivity contribution in [2.24, 2.45) is 0 Å². The number of hydrogen-bond acceptors (Lipinski definition) is 6. The fourth-order valence-corrected chi connectivity index (χ4v) is 4.76. The molecule has 2 aromatic rings. The van der Waals surface area contributed by atoms with Gasteiger partial charge in [-0.1, -0.05) is 0 Å². The molecular weight excluding hydrogens is 394 g/mol. The molecule has 154 valence electrons. The van der Waals surface area contributed by atoms with Gasteiger partial charge in [-0.3, -0.25) is 14.6 Å². The first-order valence-corrected chi connectivity index (χ1v) is 11.5. The quantitative estimate of drug-likeness (QED) is 0.791. The van der Waals surface area contributed by atoms with Crippen LogP contribution in [0.1, 0.15) is 52.7 Å². The fraction of sp³-hybridized carbons (Fsp3) is 0.474. The van der Waals surface area contributed by atoms with Crippen molar-refractivity contribution in [3.63, 3.8) is 0 Å². The van der Waals surface area contributed by atoms with Crippen molar-refractivity contribution in [2.45, 2.75) is 38.3 Å². The fourth-order valence-electron chi connectivity index (χ4n) is 3.97. The van der Waals surface area contributed by atoms with Gasteiger partial charge in [-0.2, -0.15) is 4.31 Å². The summed E-state index contributed by atoms with van der Waals surface area (Å²) in [5.74, 6) is 0.338. The van der Waals surface area contributed by atoms with E-state index in [1.54, 1.807) is 23.2 Å². The first-order valence-electron chi connectivity index (χ1n) is 9.62. The molecule has 10 heteroatoms. The van der Waals surface area contributed by atoms with Gasteiger partial charge in [-0.15, -0.1) is 0 Å². The van der Waals surface area contributed by atoms with Crippen molar-refractivity contribution in [3.8, 4) is 0 Å². The lowest BCUT2D eigenvalue weighted by atomic mass is 9.99. The highest BCUT2D eigenvalue weighted by Gasteiger charge is 2.33.